The van der Waals surface area contributed by atoms with Crippen molar-refractivity contribution in [2.24, 2.45) is 0 Å². The third-order valence-electron chi connectivity index (χ3n) is 3.74. The fourth-order valence-corrected chi connectivity index (χ4v) is 2.50. The molecule has 0 saturated carbocycles. The number of nitrogens with zero attached hydrogens (tertiary/aromatic N) is 2. The van der Waals surface area contributed by atoms with Crippen molar-refractivity contribution in [3.8, 4) is 11.4 Å². The zero-order chi connectivity index (χ0) is 14.8. The molecule has 5 nitrogen and oxygen atoms in total. The fourth-order valence-electron chi connectivity index (χ4n) is 2.50. The first-order valence-electron chi connectivity index (χ1n) is 7.10. The molecule has 6 heteroatoms. The Kier molecular flexibility index (Phi) is 3.98. The predicted molar refractivity (Wildman–Crippen MR) is 75.1 cm³/mol. The summed E-state index contributed by atoms with van der Waals surface area (Å²) in [6.45, 7) is 4.78. The van der Waals surface area contributed by atoms with Crippen molar-refractivity contribution in [1.29, 1.82) is 0 Å². The average molecular weight is 291 g/mol. The molecule has 3 atom stereocenters. The molecule has 1 aliphatic rings. The van der Waals surface area contributed by atoms with E-state index >= 15 is 0 Å². The van der Waals surface area contributed by atoms with Gasteiger partial charge in [0.1, 0.15) is 5.82 Å². The van der Waals surface area contributed by atoms with Crippen LogP contribution in [0.3, 0.4) is 0 Å². The number of nitrogens with one attached hydrogen (secondary N) is 1. The molecule has 0 spiro atoms. The van der Waals surface area contributed by atoms with Crippen LogP contribution in [-0.2, 0) is 4.74 Å². The molecule has 1 aromatic carbocycles. The van der Waals surface area contributed by atoms with Gasteiger partial charge < -0.3 is 14.6 Å². The summed E-state index contributed by atoms with van der Waals surface area (Å²) in [6.07, 6.45) is 1.15. The molecule has 2 aromatic rings. The largest absolute Gasteiger partial charge is 0.377 e. The minimum Gasteiger partial charge on any atom is -0.377 e. The second kappa shape index (κ2) is 5.91. The SMILES string of the molecule is C[C@H](N[C@H]1CCO[C@H]1C)c1nc(-c2cccc(F)c2)no1. The third kappa shape index (κ3) is 3.11. The van der Waals surface area contributed by atoms with Gasteiger partial charge in [-0.15, -0.1) is 0 Å². The first-order chi connectivity index (χ1) is 10.1. The number of rotatable bonds is 4. The van der Waals surface area contributed by atoms with E-state index < -0.39 is 0 Å². The summed E-state index contributed by atoms with van der Waals surface area (Å²) >= 11 is 0. The average Bonchev–Trinajstić information content (AvgIpc) is 3.09. The number of hydrogen-bond acceptors (Lipinski definition) is 5. The Labute approximate surface area is 122 Å². The van der Waals surface area contributed by atoms with Gasteiger partial charge in [0.15, 0.2) is 0 Å². The molecule has 112 valence electrons. The van der Waals surface area contributed by atoms with Crippen molar-refractivity contribution in [2.75, 3.05) is 6.61 Å². The molecule has 1 saturated heterocycles. The third-order valence-corrected chi connectivity index (χ3v) is 3.74. The quantitative estimate of drug-likeness (QED) is 0.938. The molecule has 0 amide bonds. The normalized spacial score (nSPS) is 23.4. The lowest BCUT2D eigenvalue weighted by Crippen LogP contribution is -2.36. The standard InChI is InChI=1S/C15H18FN3O2/c1-9(17-13-6-7-20-10(13)2)15-18-14(19-21-15)11-4-3-5-12(16)8-11/h3-5,8-10,13,17H,6-7H2,1-2H3/t9-,10-,13-/m0/s1. The van der Waals surface area contributed by atoms with Crippen LogP contribution in [0.25, 0.3) is 11.4 Å². The molecule has 0 unspecified atom stereocenters. The summed E-state index contributed by atoms with van der Waals surface area (Å²) in [7, 11) is 0. The summed E-state index contributed by atoms with van der Waals surface area (Å²) in [5.74, 6) is 0.573. The van der Waals surface area contributed by atoms with Gasteiger partial charge >= 0.3 is 0 Å². The maximum atomic E-state index is 13.2. The second-order valence-electron chi connectivity index (χ2n) is 5.33. The van der Waals surface area contributed by atoms with Crippen molar-refractivity contribution in [1.82, 2.24) is 15.5 Å². The van der Waals surface area contributed by atoms with E-state index in [4.69, 9.17) is 9.26 Å². The van der Waals surface area contributed by atoms with Crippen molar-refractivity contribution < 1.29 is 13.7 Å². The first kappa shape index (κ1) is 14.2. The molecule has 0 bridgehead atoms. The molecule has 21 heavy (non-hydrogen) atoms. The van der Waals surface area contributed by atoms with Gasteiger partial charge in [-0.25, -0.2) is 4.39 Å². The van der Waals surface area contributed by atoms with Gasteiger partial charge in [-0.2, -0.15) is 4.98 Å². The molecule has 0 aliphatic carbocycles. The molecule has 3 rings (SSSR count). The predicted octanol–water partition coefficient (Wildman–Crippen LogP) is 2.70. The van der Waals surface area contributed by atoms with E-state index in [0.29, 0.717) is 17.3 Å². The number of ether oxygens (including phenoxy) is 1. The Balaban J connectivity index is 1.72. The molecule has 1 fully saturated rings. The number of halogens is 1. The van der Waals surface area contributed by atoms with E-state index in [0.717, 1.165) is 13.0 Å². The van der Waals surface area contributed by atoms with Gasteiger partial charge in [-0.3, -0.25) is 0 Å². The van der Waals surface area contributed by atoms with Crippen molar-refractivity contribution >= 4 is 0 Å². The van der Waals surface area contributed by atoms with Crippen LogP contribution in [0.2, 0.25) is 0 Å². The van der Waals surface area contributed by atoms with Gasteiger partial charge in [0.05, 0.1) is 12.1 Å². The first-order valence-corrected chi connectivity index (χ1v) is 7.10. The van der Waals surface area contributed by atoms with E-state index in [1.165, 1.54) is 12.1 Å². The van der Waals surface area contributed by atoms with Crippen LogP contribution in [0, 0.1) is 5.82 Å². The van der Waals surface area contributed by atoms with Crippen molar-refractivity contribution in [2.45, 2.75) is 38.5 Å². The van der Waals surface area contributed by atoms with Gasteiger partial charge in [-0.1, -0.05) is 17.3 Å². The van der Waals surface area contributed by atoms with Crippen LogP contribution in [0.15, 0.2) is 28.8 Å². The van der Waals surface area contributed by atoms with Crippen molar-refractivity contribution in [3.63, 3.8) is 0 Å². The monoisotopic (exact) mass is 291 g/mol. The van der Waals surface area contributed by atoms with Crippen LogP contribution >= 0.6 is 0 Å². The van der Waals surface area contributed by atoms with Gasteiger partial charge in [0.2, 0.25) is 11.7 Å². The van der Waals surface area contributed by atoms with Crippen LogP contribution in [0.1, 0.15) is 32.2 Å². The second-order valence-corrected chi connectivity index (χ2v) is 5.33. The minimum absolute atomic E-state index is 0.0750. The summed E-state index contributed by atoms with van der Waals surface area (Å²) in [4.78, 5) is 4.34. The number of aromatic nitrogens is 2. The van der Waals surface area contributed by atoms with Crippen LogP contribution in [0.5, 0.6) is 0 Å². The van der Waals surface area contributed by atoms with E-state index in [1.807, 2.05) is 13.8 Å². The highest BCUT2D eigenvalue weighted by Gasteiger charge is 2.27. The number of hydrogen-bond donors (Lipinski definition) is 1. The molecule has 2 heterocycles. The van der Waals surface area contributed by atoms with E-state index in [2.05, 4.69) is 15.5 Å². The molecular weight excluding hydrogens is 273 g/mol. The highest BCUT2D eigenvalue weighted by Crippen LogP contribution is 2.21. The summed E-state index contributed by atoms with van der Waals surface area (Å²) < 4.78 is 24.0. The molecule has 1 aliphatic heterocycles. The van der Waals surface area contributed by atoms with Gasteiger partial charge in [0, 0.05) is 18.2 Å². The highest BCUT2D eigenvalue weighted by atomic mass is 19.1. The number of benzene rings is 1. The molecule has 1 N–H and O–H groups in total. The van der Waals surface area contributed by atoms with Crippen LogP contribution in [0.4, 0.5) is 4.39 Å². The van der Waals surface area contributed by atoms with Crippen LogP contribution < -0.4 is 5.32 Å². The molecule has 1 aromatic heterocycles. The summed E-state index contributed by atoms with van der Waals surface area (Å²) in [5.41, 5.74) is 0.606. The minimum atomic E-state index is -0.318. The fraction of sp³-hybridized carbons (Fsp3) is 0.467. The summed E-state index contributed by atoms with van der Waals surface area (Å²) in [6, 6.07) is 6.36. The van der Waals surface area contributed by atoms with Gasteiger partial charge in [0.25, 0.3) is 0 Å². The molecule has 0 radical (unpaired) electrons. The molecular formula is C15H18FN3O2. The maximum absolute atomic E-state index is 13.2. The Hall–Kier alpha value is -1.79. The maximum Gasteiger partial charge on any atom is 0.243 e. The van der Waals surface area contributed by atoms with E-state index in [-0.39, 0.29) is 24.0 Å². The topological polar surface area (TPSA) is 60.2 Å². The Morgan fingerprint density at radius 3 is 3.00 bits per heavy atom. The lowest BCUT2D eigenvalue weighted by atomic mass is 10.1. The summed E-state index contributed by atoms with van der Waals surface area (Å²) in [5, 5.41) is 7.34. The van der Waals surface area contributed by atoms with Gasteiger partial charge in [-0.05, 0) is 32.4 Å². The highest BCUT2D eigenvalue weighted by molar-refractivity contribution is 5.53. The van der Waals surface area contributed by atoms with Crippen molar-refractivity contribution in [3.05, 3.63) is 36.0 Å². The smallest absolute Gasteiger partial charge is 0.243 e. The Morgan fingerprint density at radius 2 is 2.29 bits per heavy atom. The zero-order valence-electron chi connectivity index (χ0n) is 12.0. The zero-order valence-corrected chi connectivity index (χ0v) is 12.0. The lowest BCUT2D eigenvalue weighted by Gasteiger charge is -2.19. The van der Waals surface area contributed by atoms with Crippen LogP contribution in [-0.4, -0.2) is 28.9 Å². The van der Waals surface area contributed by atoms with E-state index in [9.17, 15) is 4.39 Å². The lowest BCUT2D eigenvalue weighted by molar-refractivity contribution is 0.110. The Bertz CT molecular complexity index is 616. The Morgan fingerprint density at radius 1 is 1.43 bits per heavy atom. The van der Waals surface area contributed by atoms with E-state index in [1.54, 1.807) is 12.1 Å².